The molecule has 104 valence electrons. The van der Waals surface area contributed by atoms with Crippen molar-refractivity contribution in [3.8, 4) is 0 Å². The number of nitrogen functional groups attached to an aromatic ring is 1. The van der Waals surface area contributed by atoms with Crippen LogP contribution in [0.25, 0.3) is 0 Å². The highest BCUT2D eigenvalue weighted by Gasteiger charge is 2.27. The quantitative estimate of drug-likeness (QED) is 0.875. The Balaban J connectivity index is 1.59. The summed E-state index contributed by atoms with van der Waals surface area (Å²) in [5, 5.41) is 2.97. The molecule has 0 unspecified atom stereocenters. The summed E-state index contributed by atoms with van der Waals surface area (Å²) in [5.74, 6) is -0.0375. The van der Waals surface area contributed by atoms with Gasteiger partial charge in [-0.15, -0.1) is 0 Å². The lowest BCUT2D eigenvalue weighted by Gasteiger charge is -2.08. The standard InChI is InChI=1S/C16H19N3O/c17-13-10-15(19(11-13)14-6-7-14)16(20)18-9-8-12-4-2-1-3-5-12/h1-5,10-11,14H,6-9,17H2,(H,18,20). The van der Waals surface area contributed by atoms with Crippen LogP contribution in [0.4, 0.5) is 5.69 Å². The van der Waals surface area contributed by atoms with Crippen molar-refractivity contribution in [2.75, 3.05) is 12.3 Å². The third-order valence-electron chi connectivity index (χ3n) is 3.58. The van der Waals surface area contributed by atoms with Crippen LogP contribution in [0, 0.1) is 0 Å². The Morgan fingerprint density at radius 3 is 2.75 bits per heavy atom. The Kier molecular flexibility index (Phi) is 3.46. The van der Waals surface area contributed by atoms with Crippen molar-refractivity contribution in [1.29, 1.82) is 0 Å². The average Bonchev–Trinajstić information content (AvgIpc) is 3.22. The van der Waals surface area contributed by atoms with Crippen LogP contribution in [0.2, 0.25) is 0 Å². The average molecular weight is 269 g/mol. The van der Waals surface area contributed by atoms with Gasteiger partial charge < -0.3 is 15.6 Å². The fourth-order valence-corrected chi connectivity index (χ4v) is 2.39. The number of nitrogens with zero attached hydrogens (tertiary/aromatic N) is 1. The Morgan fingerprint density at radius 2 is 2.05 bits per heavy atom. The first-order valence-corrected chi connectivity index (χ1v) is 7.03. The van der Waals surface area contributed by atoms with Gasteiger partial charge in [0.2, 0.25) is 0 Å². The molecule has 3 N–H and O–H groups in total. The molecule has 0 spiro atoms. The second kappa shape index (κ2) is 5.41. The molecule has 1 fully saturated rings. The zero-order chi connectivity index (χ0) is 13.9. The van der Waals surface area contributed by atoms with Crippen LogP contribution in [0.5, 0.6) is 0 Å². The molecule has 4 nitrogen and oxygen atoms in total. The first kappa shape index (κ1) is 12.8. The second-order valence-electron chi connectivity index (χ2n) is 5.29. The number of anilines is 1. The highest BCUT2D eigenvalue weighted by atomic mass is 16.1. The van der Waals surface area contributed by atoms with Gasteiger partial charge in [-0.1, -0.05) is 30.3 Å². The molecule has 1 aromatic carbocycles. The zero-order valence-electron chi connectivity index (χ0n) is 11.4. The van der Waals surface area contributed by atoms with Crippen LogP contribution in [0.15, 0.2) is 42.6 Å². The molecule has 3 rings (SSSR count). The number of rotatable bonds is 5. The number of carbonyl (C=O) groups is 1. The molecule has 0 bridgehead atoms. The number of nitrogens with one attached hydrogen (secondary N) is 1. The molecule has 1 aromatic heterocycles. The third-order valence-corrected chi connectivity index (χ3v) is 3.58. The van der Waals surface area contributed by atoms with E-state index in [2.05, 4.69) is 17.4 Å². The van der Waals surface area contributed by atoms with Crippen molar-refractivity contribution >= 4 is 11.6 Å². The van der Waals surface area contributed by atoms with E-state index in [4.69, 9.17) is 5.73 Å². The lowest BCUT2D eigenvalue weighted by Crippen LogP contribution is -2.27. The highest BCUT2D eigenvalue weighted by molar-refractivity contribution is 5.93. The van der Waals surface area contributed by atoms with Gasteiger partial charge in [-0.3, -0.25) is 4.79 Å². The van der Waals surface area contributed by atoms with Gasteiger partial charge in [0.15, 0.2) is 0 Å². The predicted octanol–water partition coefficient (Wildman–Crippen LogP) is 2.38. The molecule has 20 heavy (non-hydrogen) atoms. The minimum atomic E-state index is -0.0375. The van der Waals surface area contributed by atoms with Crippen LogP contribution >= 0.6 is 0 Å². The van der Waals surface area contributed by atoms with E-state index < -0.39 is 0 Å². The zero-order valence-corrected chi connectivity index (χ0v) is 11.4. The third kappa shape index (κ3) is 2.85. The topological polar surface area (TPSA) is 60.1 Å². The lowest BCUT2D eigenvalue weighted by atomic mass is 10.1. The molecule has 1 aliphatic carbocycles. The van der Waals surface area contributed by atoms with Crippen LogP contribution in [-0.2, 0) is 6.42 Å². The van der Waals surface area contributed by atoms with Crippen LogP contribution in [-0.4, -0.2) is 17.0 Å². The number of carbonyl (C=O) groups excluding carboxylic acids is 1. The molecule has 0 radical (unpaired) electrons. The molecule has 0 atom stereocenters. The summed E-state index contributed by atoms with van der Waals surface area (Å²) in [6, 6.07) is 12.4. The molecule has 1 heterocycles. The maximum atomic E-state index is 12.2. The summed E-state index contributed by atoms with van der Waals surface area (Å²) in [6.07, 6.45) is 4.98. The lowest BCUT2D eigenvalue weighted by molar-refractivity contribution is 0.0944. The van der Waals surface area contributed by atoms with E-state index in [-0.39, 0.29) is 5.91 Å². The normalized spacial score (nSPS) is 14.2. The minimum Gasteiger partial charge on any atom is -0.397 e. The van der Waals surface area contributed by atoms with Crippen LogP contribution < -0.4 is 11.1 Å². The largest absolute Gasteiger partial charge is 0.397 e. The Morgan fingerprint density at radius 1 is 1.30 bits per heavy atom. The van der Waals surface area contributed by atoms with Gasteiger partial charge in [-0.25, -0.2) is 0 Å². The summed E-state index contributed by atoms with van der Waals surface area (Å²) < 4.78 is 2.01. The van der Waals surface area contributed by atoms with E-state index in [1.807, 2.05) is 29.0 Å². The van der Waals surface area contributed by atoms with Crippen molar-refractivity contribution in [2.45, 2.75) is 25.3 Å². The van der Waals surface area contributed by atoms with Crippen molar-refractivity contribution in [1.82, 2.24) is 9.88 Å². The Bertz CT molecular complexity index is 599. The number of aromatic nitrogens is 1. The summed E-state index contributed by atoms with van der Waals surface area (Å²) >= 11 is 0. The molecule has 0 saturated heterocycles. The number of hydrogen-bond donors (Lipinski definition) is 2. The van der Waals surface area contributed by atoms with E-state index in [0.29, 0.717) is 24.0 Å². The molecule has 0 aliphatic heterocycles. The van der Waals surface area contributed by atoms with E-state index in [0.717, 1.165) is 19.3 Å². The van der Waals surface area contributed by atoms with Crippen LogP contribution in [0.1, 0.15) is 34.9 Å². The van der Waals surface area contributed by atoms with E-state index in [1.54, 1.807) is 6.07 Å². The van der Waals surface area contributed by atoms with Crippen molar-refractivity contribution in [3.63, 3.8) is 0 Å². The number of benzene rings is 1. The van der Waals surface area contributed by atoms with E-state index in [1.165, 1.54) is 5.56 Å². The molecule has 2 aromatic rings. The molecule has 1 amide bonds. The van der Waals surface area contributed by atoms with Crippen molar-refractivity contribution < 1.29 is 4.79 Å². The monoisotopic (exact) mass is 269 g/mol. The predicted molar refractivity (Wildman–Crippen MR) is 79.6 cm³/mol. The highest BCUT2D eigenvalue weighted by Crippen LogP contribution is 2.37. The Labute approximate surface area is 118 Å². The first-order valence-electron chi connectivity index (χ1n) is 7.03. The molecular weight excluding hydrogens is 250 g/mol. The van der Waals surface area contributed by atoms with E-state index in [9.17, 15) is 4.79 Å². The summed E-state index contributed by atoms with van der Waals surface area (Å²) in [4.78, 5) is 12.2. The first-order chi connectivity index (χ1) is 9.74. The molecular formula is C16H19N3O. The maximum Gasteiger partial charge on any atom is 0.268 e. The summed E-state index contributed by atoms with van der Waals surface area (Å²) in [7, 11) is 0. The number of amides is 1. The second-order valence-corrected chi connectivity index (χ2v) is 5.29. The smallest absolute Gasteiger partial charge is 0.268 e. The van der Waals surface area contributed by atoms with E-state index >= 15 is 0 Å². The molecule has 1 aliphatic rings. The van der Waals surface area contributed by atoms with Gasteiger partial charge in [-0.05, 0) is 30.9 Å². The van der Waals surface area contributed by atoms with Gasteiger partial charge in [0.25, 0.3) is 5.91 Å². The van der Waals surface area contributed by atoms with Gasteiger partial charge in [-0.2, -0.15) is 0 Å². The number of nitrogens with two attached hydrogens (primary N) is 1. The van der Waals surface area contributed by atoms with Gasteiger partial charge in [0.1, 0.15) is 5.69 Å². The fraction of sp³-hybridized carbons (Fsp3) is 0.312. The number of hydrogen-bond acceptors (Lipinski definition) is 2. The SMILES string of the molecule is Nc1cc(C(=O)NCCc2ccccc2)n(C2CC2)c1. The van der Waals surface area contributed by atoms with Gasteiger partial charge in [0.05, 0.1) is 5.69 Å². The van der Waals surface area contributed by atoms with Gasteiger partial charge in [0, 0.05) is 18.8 Å². The Hall–Kier alpha value is -2.23. The van der Waals surface area contributed by atoms with Gasteiger partial charge >= 0.3 is 0 Å². The molecule has 1 saturated carbocycles. The maximum absolute atomic E-state index is 12.2. The van der Waals surface area contributed by atoms with Crippen molar-refractivity contribution in [2.24, 2.45) is 0 Å². The fourth-order valence-electron chi connectivity index (χ4n) is 2.39. The minimum absolute atomic E-state index is 0.0375. The van der Waals surface area contributed by atoms with Crippen LogP contribution in [0.3, 0.4) is 0 Å². The summed E-state index contributed by atoms with van der Waals surface area (Å²) in [5.41, 5.74) is 8.36. The van der Waals surface area contributed by atoms with Crippen molar-refractivity contribution in [3.05, 3.63) is 53.9 Å². The molecule has 4 heteroatoms. The summed E-state index contributed by atoms with van der Waals surface area (Å²) in [6.45, 7) is 0.637.